The standard InChI is InChI=1S/C9H10N2O/c1-5-2-6-3-7(10)4-8(11)9(6)12-5/h2-4H,10-11H2,1H3. The molecule has 3 nitrogen and oxygen atoms in total. The van der Waals surface area contributed by atoms with Gasteiger partial charge >= 0.3 is 0 Å². The van der Waals surface area contributed by atoms with Crippen LogP contribution in [0, 0.1) is 6.92 Å². The Bertz CT molecular complexity index is 431. The maximum Gasteiger partial charge on any atom is 0.157 e. The van der Waals surface area contributed by atoms with Crippen molar-refractivity contribution in [3.63, 3.8) is 0 Å². The fraction of sp³-hybridized carbons (Fsp3) is 0.111. The summed E-state index contributed by atoms with van der Waals surface area (Å²) in [7, 11) is 0. The zero-order valence-corrected chi connectivity index (χ0v) is 6.79. The third-order valence-corrected chi connectivity index (χ3v) is 1.79. The Morgan fingerprint density at radius 2 is 1.92 bits per heavy atom. The van der Waals surface area contributed by atoms with Crippen LogP contribution in [-0.4, -0.2) is 0 Å². The zero-order chi connectivity index (χ0) is 8.72. The Morgan fingerprint density at radius 3 is 2.67 bits per heavy atom. The van der Waals surface area contributed by atoms with Gasteiger partial charge < -0.3 is 15.9 Å². The number of nitrogen functional groups attached to an aromatic ring is 2. The Morgan fingerprint density at radius 1 is 1.17 bits per heavy atom. The number of nitrogens with two attached hydrogens (primary N) is 2. The molecular formula is C9H10N2O. The number of anilines is 2. The highest BCUT2D eigenvalue weighted by molar-refractivity contribution is 5.91. The number of rotatable bonds is 0. The van der Waals surface area contributed by atoms with Gasteiger partial charge in [0.15, 0.2) is 5.58 Å². The number of hydrogen-bond donors (Lipinski definition) is 2. The lowest BCUT2D eigenvalue weighted by atomic mass is 10.2. The lowest BCUT2D eigenvalue weighted by Gasteiger charge is -1.96. The van der Waals surface area contributed by atoms with E-state index in [2.05, 4.69) is 0 Å². The van der Waals surface area contributed by atoms with E-state index in [0.29, 0.717) is 11.4 Å². The van der Waals surface area contributed by atoms with Crippen molar-refractivity contribution in [2.24, 2.45) is 0 Å². The van der Waals surface area contributed by atoms with E-state index in [1.165, 1.54) is 0 Å². The second-order valence-corrected chi connectivity index (χ2v) is 2.89. The lowest BCUT2D eigenvalue weighted by Crippen LogP contribution is -1.89. The van der Waals surface area contributed by atoms with Crippen LogP contribution < -0.4 is 11.5 Å². The summed E-state index contributed by atoms with van der Waals surface area (Å²) >= 11 is 0. The minimum atomic E-state index is 0.595. The molecule has 12 heavy (non-hydrogen) atoms. The van der Waals surface area contributed by atoms with E-state index < -0.39 is 0 Å². The minimum Gasteiger partial charge on any atom is -0.459 e. The van der Waals surface area contributed by atoms with Crippen LogP contribution >= 0.6 is 0 Å². The molecule has 2 rings (SSSR count). The third kappa shape index (κ3) is 0.906. The van der Waals surface area contributed by atoms with Gasteiger partial charge in [-0.05, 0) is 25.1 Å². The predicted octanol–water partition coefficient (Wildman–Crippen LogP) is 1.91. The van der Waals surface area contributed by atoms with Crippen molar-refractivity contribution >= 4 is 22.3 Å². The predicted molar refractivity (Wildman–Crippen MR) is 49.8 cm³/mol. The molecular weight excluding hydrogens is 152 g/mol. The number of hydrogen-bond acceptors (Lipinski definition) is 3. The highest BCUT2D eigenvalue weighted by Gasteiger charge is 2.04. The second kappa shape index (κ2) is 2.17. The van der Waals surface area contributed by atoms with Crippen LogP contribution in [-0.2, 0) is 0 Å². The van der Waals surface area contributed by atoms with Crippen molar-refractivity contribution in [2.45, 2.75) is 6.92 Å². The molecule has 0 bridgehead atoms. The van der Waals surface area contributed by atoms with Crippen LogP contribution in [0.3, 0.4) is 0 Å². The van der Waals surface area contributed by atoms with Crippen LogP contribution in [0.2, 0.25) is 0 Å². The van der Waals surface area contributed by atoms with Crippen molar-refractivity contribution in [1.82, 2.24) is 0 Å². The van der Waals surface area contributed by atoms with Crippen molar-refractivity contribution in [1.29, 1.82) is 0 Å². The first kappa shape index (κ1) is 7.03. The van der Waals surface area contributed by atoms with Gasteiger partial charge in [-0.25, -0.2) is 0 Å². The van der Waals surface area contributed by atoms with Gasteiger partial charge in [-0.3, -0.25) is 0 Å². The summed E-state index contributed by atoms with van der Waals surface area (Å²) in [5.41, 5.74) is 13.3. The van der Waals surface area contributed by atoms with E-state index in [-0.39, 0.29) is 0 Å². The van der Waals surface area contributed by atoms with Crippen LogP contribution in [0.5, 0.6) is 0 Å². The molecule has 0 amide bonds. The van der Waals surface area contributed by atoms with Gasteiger partial charge in [-0.1, -0.05) is 0 Å². The molecule has 3 heteroatoms. The van der Waals surface area contributed by atoms with Crippen molar-refractivity contribution in [2.75, 3.05) is 11.5 Å². The Labute approximate surface area is 70.0 Å². The van der Waals surface area contributed by atoms with Crippen molar-refractivity contribution in [3.8, 4) is 0 Å². The summed E-state index contributed by atoms with van der Waals surface area (Å²) < 4.78 is 5.37. The van der Waals surface area contributed by atoms with Crippen LogP contribution in [0.15, 0.2) is 22.6 Å². The summed E-state index contributed by atoms with van der Waals surface area (Å²) in [5, 5.41) is 0.963. The molecule has 0 spiro atoms. The largest absolute Gasteiger partial charge is 0.459 e. The number of benzene rings is 1. The van der Waals surface area contributed by atoms with Gasteiger partial charge in [-0.15, -0.1) is 0 Å². The highest BCUT2D eigenvalue weighted by Crippen LogP contribution is 2.27. The van der Waals surface area contributed by atoms with E-state index in [1.54, 1.807) is 6.07 Å². The molecule has 0 aliphatic carbocycles. The van der Waals surface area contributed by atoms with Crippen molar-refractivity contribution in [3.05, 3.63) is 24.0 Å². The normalized spacial score (nSPS) is 10.8. The maximum absolute atomic E-state index is 5.70. The van der Waals surface area contributed by atoms with Gasteiger partial charge in [0.25, 0.3) is 0 Å². The summed E-state index contributed by atoms with van der Waals surface area (Å²) in [6.07, 6.45) is 0. The topological polar surface area (TPSA) is 65.2 Å². The van der Waals surface area contributed by atoms with E-state index in [9.17, 15) is 0 Å². The zero-order valence-electron chi connectivity index (χ0n) is 6.79. The number of aryl methyl sites for hydroxylation is 1. The first-order chi connectivity index (χ1) is 5.66. The molecule has 0 unspecified atom stereocenters. The molecule has 1 heterocycles. The first-order valence-corrected chi connectivity index (χ1v) is 3.72. The molecule has 4 N–H and O–H groups in total. The fourth-order valence-electron chi connectivity index (χ4n) is 1.33. The molecule has 0 fully saturated rings. The molecule has 1 aromatic heterocycles. The maximum atomic E-state index is 5.70. The number of furan rings is 1. The Balaban J connectivity index is 2.88. The molecule has 2 aromatic rings. The van der Waals surface area contributed by atoms with E-state index >= 15 is 0 Å². The highest BCUT2D eigenvalue weighted by atomic mass is 16.3. The van der Waals surface area contributed by atoms with E-state index in [1.807, 2.05) is 19.1 Å². The van der Waals surface area contributed by atoms with Crippen LogP contribution in [0.4, 0.5) is 11.4 Å². The molecule has 0 saturated heterocycles. The SMILES string of the molecule is Cc1cc2cc(N)cc(N)c2o1. The lowest BCUT2D eigenvalue weighted by molar-refractivity contribution is 0.580. The summed E-state index contributed by atoms with van der Waals surface area (Å²) in [6.45, 7) is 1.88. The van der Waals surface area contributed by atoms with Gasteiger partial charge in [0.05, 0.1) is 5.69 Å². The molecule has 1 aromatic carbocycles. The Kier molecular flexibility index (Phi) is 1.27. The van der Waals surface area contributed by atoms with E-state index in [0.717, 1.165) is 16.7 Å². The quantitative estimate of drug-likeness (QED) is 0.581. The van der Waals surface area contributed by atoms with Gasteiger partial charge in [0.1, 0.15) is 5.76 Å². The summed E-state index contributed by atoms with van der Waals surface area (Å²) in [4.78, 5) is 0. The monoisotopic (exact) mass is 162 g/mol. The molecule has 0 radical (unpaired) electrons. The second-order valence-electron chi connectivity index (χ2n) is 2.89. The average Bonchev–Trinajstić information content (AvgIpc) is 2.29. The summed E-state index contributed by atoms with van der Waals surface area (Å²) in [6, 6.07) is 5.47. The molecule has 0 atom stereocenters. The first-order valence-electron chi connectivity index (χ1n) is 3.72. The smallest absolute Gasteiger partial charge is 0.157 e. The average molecular weight is 162 g/mol. The molecule has 0 aliphatic heterocycles. The third-order valence-electron chi connectivity index (χ3n) is 1.79. The van der Waals surface area contributed by atoms with Crippen LogP contribution in [0.1, 0.15) is 5.76 Å². The van der Waals surface area contributed by atoms with Gasteiger partial charge in [-0.2, -0.15) is 0 Å². The van der Waals surface area contributed by atoms with Gasteiger partial charge in [0.2, 0.25) is 0 Å². The Hall–Kier alpha value is -1.64. The minimum absolute atomic E-state index is 0.595. The fourth-order valence-corrected chi connectivity index (χ4v) is 1.33. The number of fused-ring (bicyclic) bond motifs is 1. The molecule has 0 aliphatic rings. The van der Waals surface area contributed by atoms with Crippen LogP contribution in [0.25, 0.3) is 11.0 Å². The summed E-state index contributed by atoms with van der Waals surface area (Å²) in [5.74, 6) is 0.849. The molecule has 0 saturated carbocycles. The van der Waals surface area contributed by atoms with Gasteiger partial charge in [0, 0.05) is 11.1 Å². The molecule has 62 valence electrons. The van der Waals surface area contributed by atoms with E-state index in [4.69, 9.17) is 15.9 Å². The van der Waals surface area contributed by atoms with Crippen molar-refractivity contribution < 1.29 is 4.42 Å².